The Kier molecular flexibility index (Phi) is 3.62. The third-order valence-electron chi connectivity index (χ3n) is 3.02. The molecule has 0 atom stereocenters. The molecule has 0 aliphatic carbocycles. The molecular formula is C15H11F3N4. The lowest BCUT2D eigenvalue weighted by molar-refractivity contribution is -0.140. The lowest BCUT2D eigenvalue weighted by Crippen LogP contribution is -2.15. The lowest BCUT2D eigenvalue weighted by atomic mass is 10.2. The Morgan fingerprint density at radius 2 is 1.68 bits per heavy atom. The number of anilines is 1. The van der Waals surface area contributed by atoms with E-state index in [1.807, 2.05) is 0 Å². The predicted molar refractivity (Wildman–Crippen MR) is 76.1 cm³/mol. The Morgan fingerprint density at radius 1 is 0.955 bits per heavy atom. The van der Waals surface area contributed by atoms with Gasteiger partial charge in [0.25, 0.3) is 0 Å². The fraction of sp³-hybridized carbons (Fsp3) is 0.133. The first kappa shape index (κ1) is 14.2. The number of aromatic nitrogens is 3. The van der Waals surface area contributed by atoms with Crippen LogP contribution < -0.4 is 5.32 Å². The van der Waals surface area contributed by atoms with E-state index < -0.39 is 11.9 Å². The van der Waals surface area contributed by atoms with Gasteiger partial charge in [-0.3, -0.25) is 4.98 Å². The van der Waals surface area contributed by atoms with Gasteiger partial charge in [-0.15, -0.1) is 0 Å². The summed E-state index contributed by atoms with van der Waals surface area (Å²) in [4.78, 5) is 11.7. The molecule has 4 nitrogen and oxygen atoms in total. The summed E-state index contributed by atoms with van der Waals surface area (Å²) in [6.45, 7) is 0.184. The van der Waals surface area contributed by atoms with Crippen molar-refractivity contribution in [3.05, 3.63) is 60.0 Å². The van der Waals surface area contributed by atoms with Crippen molar-refractivity contribution in [2.24, 2.45) is 0 Å². The van der Waals surface area contributed by atoms with Crippen LogP contribution in [0.25, 0.3) is 11.0 Å². The Balaban J connectivity index is 1.99. The van der Waals surface area contributed by atoms with Gasteiger partial charge in [0.05, 0.1) is 11.0 Å². The van der Waals surface area contributed by atoms with Crippen LogP contribution in [0.2, 0.25) is 0 Å². The molecule has 0 unspecified atom stereocenters. The third-order valence-corrected chi connectivity index (χ3v) is 3.02. The second kappa shape index (κ2) is 5.59. The summed E-state index contributed by atoms with van der Waals surface area (Å²) in [7, 11) is 0. The zero-order valence-electron chi connectivity index (χ0n) is 11.3. The van der Waals surface area contributed by atoms with Gasteiger partial charge in [0, 0.05) is 18.9 Å². The Hall–Kier alpha value is -2.70. The molecule has 0 bridgehead atoms. The number of halogens is 3. The van der Waals surface area contributed by atoms with Crippen molar-refractivity contribution in [1.29, 1.82) is 0 Å². The van der Waals surface area contributed by atoms with Crippen molar-refractivity contribution in [1.82, 2.24) is 15.0 Å². The molecule has 0 aliphatic rings. The first-order valence-corrected chi connectivity index (χ1v) is 6.51. The number of para-hydroxylation sites is 2. The van der Waals surface area contributed by atoms with Gasteiger partial charge in [0.1, 0.15) is 0 Å². The summed E-state index contributed by atoms with van der Waals surface area (Å²) in [5.41, 5.74) is 0.353. The number of hydrogen-bond donors (Lipinski definition) is 1. The number of nitrogens with one attached hydrogen (secondary N) is 1. The van der Waals surface area contributed by atoms with Crippen molar-refractivity contribution in [3.8, 4) is 0 Å². The first-order chi connectivity index (χ1) is 10.5. The van der Waals surface area contributed by atoms with Gasteiger partial charge in [-0.2, -0.15) is 13.2 Å². The molecule has 0 radical (unpaired) electrons. The third kappa shape index (κ3) is 2.98. The molecule has 0 amide bonds. The molecule has 22 heavy (non-hydrogen) atoms. The van der Waals surface area contributed by atoms with Crippen molar-refractivity contribution in [2.45, 2.75) is 12.7 Å². The number of fused-ring (bicyclic) bond motifs is 1. The topological polar surface area (TPSA) is 50.7 Å². The van der Waals surface area contributed by atoms with E-state index >= 15 is 0 Å². The number of rotatable bonds is 3. The van der Waals surface area contributed by atoms with E-state index in [4.69, 9.17) is 0 Å². The van der Waals surface area contributed by atoms with Gasteiger partial charge in [0.15, 0.2) is 11.5 Å². The Bertz CT molecular complexity index is 788. The van der Waals surface area contributed by atoms with Crippen LogP contribution in [0.1, 0.15) is 11.3 Å². The largest absolute Gasteiger partial charge is 0.437 e. The van der Waals surface area contributed by atoms with Crippen LogP contribution in [0.4, 0.5) is 19.0 Å². The molecule has 112 valence electrons. The fourth-order valence-electron chi connectivity index (χ4n) is 2.01. The summed E-state index contributed by atoms with van der Waals surface area (Å²) >= 11 is 0. The average molecular weight is 304 g/mol. The summed E-state index contributed by atoms with van der Waals surface area (Å²) in [5, 5.41) is 2.69. The molecule has 3 aromatic rings. The Labute approximate surface area is 124 Å². The van der Waals surface area contributed by atoms with E-state index in [0.29, 0.717) is 5.52 Å². The lowest BCUT2D eigenvalue weighted by Gasteiger charge is -2.13. The van der Waals surface area contributed by atoms with Crippen LogP contribution in [0.3, 0.4) is 0 Å². The molecule has 2 aromatic heterocycles. The molecule has 0 aliphatic heterocycles. The molecule has 1 N–H and O–H groups in total. The SMILES string of the molecule is FC(F)(F)c1nc2ccccc2nc1NCc1cccnc1. The van der Waals surface area contributed by atoms with E-state index in [9.17, 15) is 13.2 Å². The van der Waals surface area contributed by atoms with Crippen LogP contribution in [-0.4, -0.2) is 15.0 Å². The molecule has 1 aromatic carbocycles. The summed E-state index contributed by atoms with van der Waals surface area (Å²) in [6.07, 6.45) is -1.40. The molecule has 0 saturated carbocycles. The second-order valence-corrected chi connectivity index (χ2v) is 4.62. The monoisotopic (exact) mass is 304 g/mol. The molecule has 7 heteroatoms. The highest BCUT2D eigenvalue weighted by atomic mass is 19.4. The van der Waals surface area contributed by atoms with E-state index in [0.717, 1.165) is 5.56 Å². The zero-order chi connectivity index (χ0) is 15.6. The van der Waals surface area contributed by atoms with Gasteiger partial charge < -0.3 is 5.32 Å². The number of alkyl halides is 3. The maximum atomic E-state index is 13.1. The van der Waals surface area contributed by atoms with Crippen LogP contribution in [0, 0.1) is 0 Å². The standard InChI is InChI=1S/C15H11F3N4/c16-15(17,18)13-14(20-9-10-4-3-7-19-8-10)22-12-6-2-1-5-11(12)21-13/h1-8H,9H2,(H,20,22). The van der Waals surface area contributed by atoms with E-state index in [-0.39, 0.29) is 17.9 Å². The maximum absolute atomic E-state index is 13.1. The second-order valence-electron chi connectivity index (χ2n) is 4.62. The van der Waals surface area contributed by atoms with Gasteiger partial charge in [-0.1, -0.05) is 18.2 Å². The Morgan fingerprint density at radius 3 is 2.32 bits per heavy atom. The average Bonchev–Trinajstić information content (AvgIpc) is 2.52. The number of hydrogen-bond acceptors (Lipinski definition) is 4. The van der Waals surface area contributed by atoms with E-state index in [1.165, 1.54) is 6.07 Å². The highest BCUT2D eigenvalue weighted by Crippen LogP contribution is 2.33. The normalized spacial score (nSPS) is 11.6. The minimum Gasteiger partial charge on any atom is -0.364 e. The van der Waals surface area contributed by atoms with Gasteiger partial charge in [-0.25, -0.2) is 9.97 Å². The molecule has 0 fully saturated rings. The predicted octanol–water partition coefficient (Wildman–Crippen LogP) is 3.66. The molecule has 0 spiro atoms. The van der Waals surface area contributed by atoms with Crippen LogP contribution in [0.15, 0.2) is 48.8 Å². The van der Waals surface area contributed by atoms with Crippen LogP contribution in [-0.2, 0) is 12.7 Å². The van der Waals surface area contributed by atoms with Gasteiger partial charge in [-0.05, 0) is 23.8 Å². The molecular weight excluding hydrogens is 293 g/mol. The van der Waals surface area contributed by atoms with Crippen molar-refractivity contribution >= 4 is 16.9 Å². The maximum Gasteiger partial charge on any atom is 0.437 e. The number of pyridine rings is 1. The first-order valence-electron chi connectivity index (χ1n) is 6.51. The summed E-state index contributed by atoms with van der Waals surface area (Å²) < 4.78 is 39.4. The number of benzene rings is 1. The summed E-state index contributed by atoms with van der Waals surface area (Å²) in [5.74, 6) is -0.282. The quantitative estimate of drug-likeness (QED) is 0.802. The van der Waals surface area contributed by atoms with Gasteiger partial charge >= 0.3 is 6.18 Å². The highest BCUT2D eigenvalue weighted by molar-refractivity contribution is 5.76. The highest BCUT2D eigenvalue weighted by Gasteiger charge is 2.36. The molecule has 0 saturated heterocycles. The number of nitrogens with zero attached hydrogens (tertiary/aromatic N) is 3. The zero-order valence-corrected chi connectivity index (χ0v) is 11.3. The van der Waals surface area contributed by atoms with Crippen LogP contribution in [0.5, 0.6) is 0 Å². The van der Waals surface area contributed by atoms with Gasteiger partial charge in [0.2, 0.25) is 0 Å². The minimum atomic E-state index is -4.58. The van der Waals surface area contributed by atoms with E-state index in [2.05, 4.69) is 20.3 Å². The van der Waals surface area contributed by atoms with Crippen LogP contribution >= 0.6 is 0 Å². The van der Waals surface area contributed by atoms with Crippen molar-refractivity contribution in [3.63, 3.8) is 0 Å². The van der Waals surface area contributed by atoms with Crippen molar-refractivity contribution in [2.75, 3.05) is 5.32 Å². The summed E-state index contributed by atoms with van der Waals surface area (Å²) in [6, 6.07) is 9.94. The minimum absolute atomic E-state index is 0.184. The molecule has 2 heterocycles. The van der Waals surface area contributed by atoms with Crippen molar-refractivity contribution < 1.29 is 13.2 Å². The van der Waals surface area contributed by atoms with E-state index in [1.54, 1.807) is 42.7 Å². The molecule has 3 rings (SSSR count). The fourth-order valence-corrected chi connectivity index (χ4v) is 2.01. The smallest absolute Gasteiger partial charge is 0.364 e.